The van der Waals surface area contributed by atoms with Gasteiger partial charge in [0.1, 0.15) is 5.75 Å². The summed E-state index contributed by atoms with van der Waals surface area (Å²) in [5.74, 6) is 1.20. The van der Waals surface area contributed by atoms with Crippen molar-refractivity contribution in [3.8, 4) is 5.75 Å². The lowest BCUT2D eigenvalue weighted by molar-refractivity contribution is 0.0908. The zero-order chi connectivity index (χ0) is 14.0. The van der Waals surface area contributed by atoms with Crippen LogP contribution in [0.1, 0.15) is 43.5 Å². The molecular weight excluding hydrogens is 306 g/mol. The number of phenolic OH excluding ortho intramolecular Hbond substituents is 1. The Balaban J connectivity index is 2.01. The van der Waals surface area contributed by atoms with E-state index >= 15 is 0 Å². The van der Waals surface area contributed by atoms with Gasteiger partial charge < -0.3 is 10.4 Å². The molecule has 1 amide bonds. The molecule has 0 bridgehead atoms. The quantitative estimate of drug-likeness (QED) is 0.870. The van der Waals surface area contributed by atoms with Crippen LogP contribution in [0.25, 0.3) is 0 Å². The van der Waals surface area contributed by atoms with E-state index in [0.717, 1.165) is 29.7 Å². The molecule has 1 fully saturated rings. The van der Waals surface area contributed by atoms with Crippen molar-refractivity contribution in [1.29, 1.82) is 0 Å². The van der Waals surface area contributed by atoms with Crippen molar-refractivity contribution in [2.45, 2.75) is 39.2 Å². The Labute approximate surface area is 122 Å². The van der Waals surface area contributed by atoms with Crippen molar-refractivity contribution in [3.05, 3.63) is 28.2 Å². The molecule has 1 aliphatic rings. The third-order valence-electron chi connectivity index (χ3n) is 4.14. The van der Waals surface area contributed by atoms with Gasteiger partial charge in [-0.05, 0) is 49.3 Å². The second-order valence-corrected chi connectivity index (χ2v) is 6.52. The summed E-state index contributed by atoms with van der Waals surface area (Å²) in [5.41, 5.74) is 0.342. The lowest BCUT2D eigenvalue weighted by atomic mass is 9.79. The number of hydrogen-bond donors (Lipinski definition) is 2. The first kappa shape index (κ1) is 14.4. The van der Waals surface area contributed by atoms with Gasteiger partial charge in [-0.15, -0.1) is 0 Å². The molecule has 1 aliphatic carbocycles. The fraction of sp³-hybridized carbons (Fsp3) is 0.533. The molecule has 0 aromatic heterocycles. The van der Waals surface area contributed by atoms with Crippen LogP contribution in [0, 0.1) is 11.8 Å². The first-order valence-electron chi connectivity index (χ1n) is 6.76. The third-order valence-corrected chi connectivity index (χ3v) is 4.63. The molecule has 4 heteroatoms. The molecule has 104 valence electrons. The zero-order valence-corrected chi connectivity index (χ0v) is 12.9. The van der Waals surface area contributed by atoms with Crippen LogP contribution in [0.15, 0.2) is 22.7 Å². The average molecular weight is 326 g/mol. The number of rotatable bonds is 2. The smallest absolute Gasteiger partial charge is 0.255 e. The number of halogens is 1. The van der Waals surface area contributed by atoms with Crippen LogP contribution in [0.3, 0.4) is 0 Å². The van der Waals surface area contributed by atoms with Gasteiger partial charge in [0.25, 0.3) is 5.91 Å². The summed E-state index contributed by atoms with van der Waals surface area (Å²) < 4.78 is 0.765. The largest absolute Gasteiger partial charge is 0.507 e. The van der Waals surface area contributed by atoms with Gasteiger partial charge in [-0.25, -0.2) is 0 Å². The Hall–Kier alpha value is -1.03. The Morgan fingerprint density at radius 3 is 2.68 bits per heavy atom. The highest BCUT2D eigenvalue weighted by Gasteiger charge is 2.26. The van der Waals surface area contributed by atoms with Crippen molar-refractivity contribution in [3.63, 3.8) is 0 Å². The normalized spacial score (nSPS) is 27.0. The summed E-state index contributed by atoms with van der Waals surface area (Å²) in [4.78, 5) is 12.1. The monoisotopic (exact) mass is 325 g/mol. The number of carbonyl (C=O) groups is 1. The van der Waals surface area contributed by atoms with E-state index in [2.05, 4.69) is 35.1 Å². The van der Waals surface area contributed by atoms with Crippen molar-refractivity contribution >= 4 is 21.8 Å². The predicted molar refractivity (Wildman–Crippen MR) is 79.2 cm³/mol. The van der Waals surface area contributed by atoms with Crippen LogP contribution < -0.4 is 5.32 Å². The number of nitrogens with one attached hydrogen (secondary N) is 1. The lowest BCUT2D eigenvalue weighted by Gasteiger charge is -2.32. The first-order valence-corrected chi connectivity index (χ1v) is 7.56. The number of phenols is 1. The van der Waals surface area contributed by atoms with Gasteiger partial charge in [-0.1, -0.05) is 29.8 Å². The number of hydrogen-bond acceptors (Lipinski definition) is 2. The number of aromatic hydroxyl groups is 1. The molecule has 2 rings (SSSR count). The van der Waals surface area contributed by atoms with Gasteiger partial charge in [0, 0.05) is 10.5 Å². The van der Waals surface area contributed by atoms with Crippen LogP contribution in [-0.4, -0.2) is 17.1 Å². The van der Waals surface area contributed by atoms with E-state index in [1.165, 1.54) is 0 Å². The van der Waals surface area contributed by atoms with Gasteiger partial charge >= 0.3 is 0 Å². The average Bonchev–Trinajstić information content (AvgIpc) is 2.33. The maximum atomic E-state index is 12.1. The molecule has 1 aromatic rings. The summed E-state index contributed by atoms with van der Waals surface area (Å²) >= 11 is 3.27. The summed E-state index contributed by atoms with van der Waals surface area (Å²) in [6.45, 7) is 4.50. The number of benzene rings is 1. The molecule has 0 radical (unpaired) electrons. The van der Waals surface area contributed by atoms with Crippen LogP contribution in [-0.2, 0) is 0 Å². The number of amides is 1. The van der Waals surface area contributed by atoms with Crippen LogP contribution >= 0.6 is 15.9 Å². The molecule has 0 aliphatic heterocycles. The van der Waals surface area contributed by atoms with Gasteiger partial charge in [0.05, 0.1) is 5.56 Å². The molecule has 0 saturated heterocycles. The molecule has 3 unspecified atom stereocenters. The van der Waals surface area contributed by atoms with Crippen LogP contribution in [0.2, 0.25) is 0 Å². The minimum absolute atomic E-state index is 0.0177. The fourth-order valence-electron chi connectivity index (χ4n) is 2.64. The van der Waals surface area contributed by atoms with E-state index in [9.17, 15) is 9.90 Å². The predicted octanol–water partition coefficient (Wildman–Crippen LogP) is 3.71. The maximum Gasteiger partial charge on any atom is 0.255 e. The maximum absolute atomic E-state index is 12.1. The summed E-state index contributed by atoms with van der Waals surface area (Å²) in [6, 6.07) is 5.17. The van der Waals surface area contributed by atoms with Crippen LogP contribution in [0.4, 0.5) is 0 Å². The second kappa shape index (κ2) is 5.95. The molecule has 19 heavy (non-hydrogen) atoms. The number of carbonyl (C=O) groups excluding carboxylic acids is 1. The SMILES string of the molecule is CC1CCC(NC(=O)c2ccc(Br)cc2O)CC1C. The lowest BCUT2D eigenvalue weighted by Crippen LogP contribution is -2.39. The summed E-state index contributed by atoms with van der Waals surface area (Å²) in [7, 11) is 0. The van der Waals surface area contributed by atoms with Crippen molar-refractivity contribution in [2.75, 3.05) is 0 Å². The first-order chi connectivity index (χ1) is 8.97. The highest BCUT2D eigenvalue weighted by atomic mass is 79.9. The van der Waals surface area contributed by atoms with Gasteiger partial charge in [0.15, 0.2) is 0 Å². The fourth-order valence-corrected chi connectivity index (χ4v) is 2.99. The molecular formula is C15H20BrNO2. The minimum atomic E-state index is -0.184. The summed E-state index contributed by atoms with van der Waals surface area (Å²) in [6.07, 6.45) is 3.19. The minimum Gasteiger partial charge on any atom is -0.507 e. The van der Waals surface area contributed by atoms with E-state index in [1.807, 2.05) is 0 Å². The molecule has 3 nitrogen and oxygen atoms in total. The van der Waals surface area contributed by atoms with E-state index in [1.54, 1.807) is 18.2 Å². The van der Waals surface area contributed by atoms with E-state index in [4.69, 9.17) is 0 Å². The second-order valence-electron chi connectivity index (χ2n) is 5.60. The highest BCUT2D eigenvalue weighted by Crippen LogP contribution is 2.30. The zero-order valence-electron chi connectivity index (χ0n) is 11.3. The van der Waals surface area contributed by atoms with E-state index in [-0.39, 0.29) is 17.7 Å². The molecule has 0 heterocycles. The van der Waals surface area contributed by atoms with Gasteiger partial charge in [0.2, 0.25) is 0 Å². The van der Waals surface area contributed by atoms with Crippen molar-refractivity contribution in [2.24, 2.45) is 11.8 Å². The molecule has 1 saturated carbocycles. The molecule has 1 aromatic carbocycles. The Morgan fingerprint density at radius 1 is 1.32 bits per heavy atom. The van der Waals surface area contributed by atoms with Crippen molar-refractivity contribution < 1.29 is 9.90 Å². The Morgan fingerprint density at radius 2 is 2.05 bits per heavy atom. The van der Waals surface area contributed by atoms with E-state index < -0.39 is 0 Å². The Bertz CT molecular complexity index is 475. The van der Waals surface area contributed by atoms with Gasteiger partial charge in [-0.3, -0.25) is 4.79 Å². The van der Waals surface area contributed by atoms with Gasteiger partial charge in [-0.2, -0.15) is 0 Å². The highest BCUT2D eigenvalue weighted by molar-refractivity contribution is 9.10. The topological polar surface area (TPSA) is 49.3 Å². The molecule has 3 atom stereocenters. The Kier molecular flexibility index (Phi) is 4.50. The van der Waals surface area contributed by atoms with Crippen LogP contribution in [0.5, 0.6) is 5.75 Å². The molecule has 2 N–H and O–H groups in total. The summed E-state index contributed by atoms with van der Waals surface area (Å²) in [5, 5.41) is 12.8. The van der Waals surface area contributed by atoms with E-state index in [0.29, 0.717) is 11.5 Å². The molecule has 0 spiro atoms. The standard InChI is InChI=1S/C15H20BrNO2/c1-9-3-5-12(7-10(9)2)17-15(19)13-6-4-11(16)8-14(13)18/h4,6,8-10,12,18H,3,5,7H2,1-2H3,(H,17,19). The van der Waals surface area contributed by atoms with Crippen molar-refractivity contribution in [1.82, 2.24) is 5.32 Å². The third kappa shape index (κ3) is 3.50.